The summed E-state index contributed by atoms with van der Waals surface area (Å²) >= 11 is 0. The Labute approximate surface area is 173 Å². The molecule has 1 fully saturated rings. The number of aryl methyl sites for hydroxylation is 1. The zero-order valence-electron chi connectivity index (χ0n) is 17.5. The van der Waals surface area contributed by atoms with Crippen molar-refractivity contribution in [3.63, 3.8) is 0 Å². The van der Waals surface area contributed by atoms with Crippen molar-refractivity contribution < 1.29 is 13.2 Å². The molecule has 0 bridgehead atoms. The molecule has 8 nitrogen and oxygen atoms in total. The topological polar surface area (TPSA) is 78.9 Å². The van der Waals surface area contributed by atoms with Crippen LogP contribution in [0.15, 0.2) is 35.2 Å². The fraction of sp³-hybridized carbons (Fsp3) is 0.500. The number of sulfonamides is 1. The van der Waals surface area contributed by atoms with E-state index in [1.54, 1.807) is 25.3 Å². The predicted molar refractivity (Wildman–Crippen MR) is 114 cm³/mol. The number of benzene rings is 1. The van der Waals surface area contributed by atoms with Crippen LogP contribution in [-0.4, -0.2) is 69.3 Å². The number of ether oxygens (including phenoxy) is 1. The van der Waals surface area contributed by atoms with Crippen LogP contribution in [0.25, 0.3) is 0 Å². The molecule has 2 aromatic rings. The molecule has 0 saturated carbocycles. The second-order valence-electron chi connectivity index (χ2n) is 6.94. The van der Waals surface area contributed by atoms with Crippen molar-refractivity contribution in [3.8, 4) is 5.75 Å². The van der Waals surface area contributed by atoms with Crippen LogP contribution in [0.1, 0.15) is 19.4 Å². The maximum absolute atomic E-state index is 13.0. The Morgan fingerprint density at radius 1 is 1.03 bits per heavy atom. The van der Waals surface area contributed by atoms with Crippen LogP contribution in [-0.2, 0) is 10.0 Å². The fourth-order valence-corrected chi connectivity index (χ4v) is 5.03. The molecule has 0 N–H and O–H groups in total. The van der Waals surface area contributed by atoms with E-state index in [4.69, 9.17) is 4.74 Å². The fourth-order valence-electron chi connectivity index (χ4n) is 3.52. The summed E-state index contributed by atoms with van der Waals surface area (Å²) in [6.45, 7) is 9.75. The molecule has 0 spiro atoms. The molecule has 1 saturated heterocycles. The first-order valence-electron chi connectivity index (χ1n) is 9.89. The maximum Gasteiger partial charge on any atom is 0.243 e. The molecule has 0 radical (unpaired) electrons. The largest absolute Gasteiger partial charge is 0.496 e. The minimum Gasteiger partial charge on any atom is -0.496 e. The molecule has 0 atom stereocenters. The second kappa shape index (κ2) is 8.96. The Kier molecular flexibility index (Phi) is 6.59. The number of anilines is 2. The van der Waals surface area contributed by atoms with Gasteiger partial charge in [-0.3, -0.25) is 0 Å². The standard InChI is InChI=1S/C20H29N5O3S/c1-5-23(6-2)19-9-10-20(22-21-19)24-11-13-25(14-12-24)29(26,27)17-7-8-18(28-4)16(3)15-17/h7-10,15H,5-6,11-14H2,1-4H3. The van der Waals surface area contributed by atoms with Gasteiger partial charge >= 0.3 is 0 Å². The highest BCUT2D eigenvalue weighted by atomic mass is 32.2. The second-order valence-corrected chi connectivity index (χ2v) is 8.88. The van der Waals surface area contributed by atoms with Crippen molar-refractivity contribution >= 4 is 21.7 Å². The zero-order chi connectivity index (χ0) is 21.0. The Balaban J connectivity index is 1.67. The van der Waals surface area contributed by atoms with Gasteiger partial charge in [-0.05, 0) is 56.7 Å². The molecule has 158 valence electrons. The number of aromatic nitrogens is 2. The van der Waals surface area contributed by atoms with E-state index >= 15 is 0 Å². The van der Waals surface area contributed by atoms with Crippen LogP contribution in [0.5, 0.6) is 5.75 Å². The van der Waals surface area contributed by atoms with E-state index in [2.05, 4.69) is 33.8 Å². The molecule has 1 aromatic carbocycles. The van der Waals surface area contributed by atoms with Gasteiger partial charge in [-0.15, -0.1) is 10.2 Å². The number of rotatable bonds is 7. The van der Waals surface area contributed by atoms with Crippen LogP contribution in [0, 0.1) is 6.92 Å². The van der Waals surface area contributed by atoms with Gasteiger partial charge in [0, 0.05) is 39.3 Å². The highest BCUT2D eigenvalue weighted by molar-refractivity contribution is 7.89. The van der Waals surface area contributed by atoms with Crippen LogP contribution in [0.3, 0.4) is 0 Å². The van der Waals surface area contributed by atoms with Gasteiger partial charge in [-0.2, -0.15) is 4.31 Å². The number of hydrogen-bond acceptors (Lipinski definition) is 7. The van der Waals surface area contributed by atoms with Crippen molar-refractivity contribution in [2.24, 2.45) is 0 Å². The molecule has 0 unspecified atom stereocenters. The first kappa shape index (κ1) is 21.3. The summed E-state index contributed by atoms with van der Waals surface area (Å²) in [4.78, 5) is 4.51. The van der Waals surface area contributed by atoms with E-state index in [9.17, 15) is 8.42 Å². The molecular weight excluding hydrogens is 390 g/mol. The van der Waals surface area contributed by atoms with Gasteiger partial charge in [0.25, 0.3) is 0 Å². The highest BCUT2D eigenvalue weighted by Crippen LogP contribution is 2.25. The molecule has 1 aromatic heterocycles. The minimum atomic E-state index is -3.53. The molecular formula is C20H29N5O3S. The van der Waals surface area contributed by atoms with Gasteiger partial charge in [0.2, 0.25) is 10.0 Å². The monoisotopic (exact) mass is 419 g/mol. The van der Waals surface area contributed by atoms with E-state index in [-0.39, 0.29) is 0 Å². The maximum atomic E-state index is 13.0. The van der Waals surface area contributed by atoms with Crippen molar-refractivity contribution in [3.05, 3.63) is 35.9 Å². The van der Waals surface area contributed by atoms with Crippen molar-refractivity contribution in [2.45, 2.75) is 25.7 Å². The molecule has 0 aliphatic carbocycles. The molecule has 1 aliphatic rings. The smallest absolute Gasteiger partial charge is 0.243 e. The molecule has 29 heavy (non-hydrogen) atoms. The van der Waals surface area contributed by atoms with Crippen molar-refractivity contribution in [1.29, 1.82) is 0 Å². The summed E-state index contributed by atoms with van der Waals surface area (Å²) in [5, 5.41) is 8.68. The van der Waals surface area contributed by atoms with Gasteiger partial charge in [0.05, 0.1) is 12.0 Å². The van der Waals surface area contributed by atoms with Gasteiger partial charge in [-0.1, -0.05) is 0 Å². The van der Waals surface area contributed by atoms with Crippen LogP contribution < -0.4 is 14.5 Å². The third-order valence-electron chi connectivity index (χ3n) is 5.29. The third kappa shape index (κ3) is 4.45. The van der Waals surface area contributed by atoms with Crippen LogP contribution in [0.4, 0.5) is 11.6 Å². The Hall–Kier alpha value is -2.39. The zero-order valence-corrected chi connectivity index (χ0v) is 18.3. The van der Waals surface area contributed by atoms with Gasteiger partial charge in [0.1, 0.15) is 5.75 Å². The van der Waals surface area contributed by atoms with Crippen LogP contribution in [0.2, 0.25) is 0 Å². The summed E-state index contributed by atoms with van der Waals surface area (Å²) in [5.41, 5.74) is 0.802. The Bertz CT molecular complexity index is 922. The van der Waals surface area contributed by atoms with E-state index in [1.165, 1.54) is 4.31 Å². The quantitative estimate of drug-likeness (QED) is 0.680. The predicted octanol–water partition coefficient (Wildman–Crippen LogP) is 2.15. The van der Waals surface area contributed by atoms with Gasteiger partial charge in [0.15, 0.2) is 11.6 Å². The summed E-state index contributed by atoms with van der Waals surface area (Å²) in [7, 11) is -1.95. The Morgan fingerprint density at radius 2 is 1.72 bits per heavy atom. The summed E-state index contributed by atoms with van der Waals surface area (Å²) < 4.78 is 32.8. The minimum absolute atomic E-state index is 0.299. The van der Waals surface area contributed by atoms with Crippen molar-refractivity contribution in [2.75, 3.05) is 56.2 Å². The SMILES string of the molecule is CCN(CC)c1ccc(N2CCN(S(=O)(=O)c3ccc(OC)c(C)c3)CC2)nn1. The number of nitrogens with zero attached hydrogens (tertiary/aromatic N) is 5. The lowest BCUT2D eigenvalue weighted by molar-refractivity contribution is 0.383. The first-order valence-corrected chi connectivity index (χ1v) is 11.3. The van der Waals surface area contributed by atoms with Crippen molar-refractivity contribution in [1.82, 2.24) is 14.5 Å². The molecule has 1 aliphatic heterocycles. The van der Waals surface area contributed by atoms with E-state index in [0.29, 0.717) is 36.8 Å². The number of piperazine rings is 1. The third-order valence-corrected chi connectivity index (χ3v) is 7.19. The van der Waals surface area contributed by atoms with E-state index < -0.39 is 10.0 Å². The average Bonchev–Trinajstić information content (AvgIpc) is 2.75. The number of hydrogen-bond donors (Lipinski definition) is 0. The first-order chi connectivity index (χ1) is 13.9. The van der Waals surface area contributed by atoms with Crippen LogP contribution >= 0.6 is 0 Å². The summed E-state index contributed by atoms with van der Waals surface area (Å²) in [6.07, 6.45) is 0. The normalized spacial score (nSPS) is 15.4. The summed E-state index contributed by atoms with van der Waals surface area (Å²) in [6, 6.07) is 8.89. The Morgan fingerprint density at radius 3 is 2.24 bits per heavy atom. The van der Waals surface area contributed by atoms with Gasteiger partial charge in [-0.25, -0.2) is 8.42 Å². The van der Waals surface area contributed by atoms with Gasteiger partial charge < -0.3 is 14.5 Å². The molecule has 3 rings (SSSR count). The summed E-state index contributed by atoms with van der Waals surface area (Å²) in [5.74, 6) is 2.31. The van der Waals surface area contributed by atoms with E-state index in [1.807, 2.05) is 19.1 Å². The lowest BCUT2D eigenvalue weighted by atomic mass is 10.2. The number of methoxy groups -OCH3 is 1. The average molecular weight is 420 g/mol. The molecule has 2 heterocycles. The molecule has 9 heteroatoms. The lowest BCUT2D eigenvalue weighted by Crippen LogP contribution is -2.49. The van der Waals surface area contributed by atoms with E-state index in [0.717, 1.165) is 30.3 Å². The highest BCUT2D eigenvalue weighted by Gasteiger charge is 2.29. The molecule has 0 amide bonds. The lowest BCUT2D eigenvalue weighted by Gasteiger charge is -2.34.